The summed E-state index contributed by atoms with van der Waals surface area (Å²) in [6, 6.07) is 46.8. The van der Waals surface area contributed by atoms with E-state index in [0.29, 0.717) is 44.2 Å². The summed E-state index contributed by atoms with van der Waals surface area (Å²) in [5.41, 5.74) is 5.10. The summed E-state index contributed by atoms with van der Waals surface area (Å²) >= 11 is 0. The van der Waals surface area contributed by atoms with Crippen molar-refractivity contribution in [3.8, 4) is 113 Å². The van der Waals surface area contributed by atoms with Gasteiger partial charge in [0.25, 0.3) is 0 Å². The van der Waals surface area contributed by atoms with Gasteiger partial charge in [-0.25, -0.2) is 29.9 Å². The number of fused-ring (bicyclic) bond motifs is 4. The average molecular weight is 1150 g/mol. The second-order valence-corrected chi connectivity index (χ2v) is 20.1. The van der Waals surface area contributed by atoms with Gasteiger partial charge in [0.2, 0.25) is 0 Å². The molecule has 6 nitrogen and oxygen atoms in total. The number of hydrogen-bond acceptors (Lipinski definition) is 6. The highest BCUT2D eigenvalue weighted by molar-refractivity contribution is 5.97. The molecule has 0 saturated carbocycles. The Kier molecular flexibility index (Phi) is 9.03. The van der Waals surface area contributed by atoms with Crippen molar-refractivity contribution in [1.29, 1.82) is 0 Å². The van der Waals surface area contributed by atoms with E-state index in [4.69, 9.17) is 36.5 Å². The molecule has 0 bridgehead atoms. The molecule has 6 heteroatoms. The molecule has 412 valence electrons. The van der Waals surface area contributed by atoms with Gasteiger partial charge in [-0.3, -0.25) is 0 Å². The van der Waals surface area contributed by atoms with E-state index in [1.165, 1.54) is 16.8 Å². The van der Waals surface area contributed by atoms with Crippen molar-refractivity contribution in [1.82, 2.24) is 29.9 Å². The van der Waals surface area contributed by atoms with Crippen LogP contribution in [0.2, 0.25) is 0 Å². The molecular formula is C82H54N6. The number of nitrogens with zero attached hydrogens (tertiary/aromatic N) is 6. The van der Waals surface area contributed by atoms with Crippen molar-refractivity contribution in [2.24, 2.45) is 0 Å². The lowest BCUT2D eigenvalue weighted by Gasteiger charge is -2.13. The molecule has 0 atom stereocenters. The normalized spacial score (nSPS) is 14.8. The highest BCUT2D eigenvalue weighted by Gasteiger charge is 2.18. The Hall–Kier alpha value is -11.9. The molecule has 0 radical (unpaired) electrons. The molecule has 0 fully saturated rings. The fraction of sp³-hybridized carbons (Fsp3) is 0. The molecule has 16 aromatic rings. The Balaban J connectivity index is 0.000000178. The maximum absolute atomic E-state index is 9.10. The van der Waals surface area contributed by atoms with E-state index in [1.54, 1.807) is 72.8 Å². The lowest BCUT2D eigenvalue weighted by atomic mass is 9.94. The third kappa shape index (κ3) is 11.0. The first-order valence-electron chi connectivity index (χ1n) is 39.2. The van der Waals surface area contributed by atoms with Gasteiger partial charge < -0.3 is 0 Å². The molecule has 16 rings (SSSR count). The zero-order valence-electron chi connectivity index (χ0n) is 69.1. The number of benzene rings is 14. The lowest BCUT2D eigenvalue weighted by Crippen LogP contribution is -2.01. The Bertz CT molecular complexity index is 6590. The van der Waals surface area contributed by atoms with Crippen LogP contribution in [0, 0.1) is 0 Å². The first-order valence-corrected chi connectivity index (χ1v) is 27.7. The molecule has 0 aliphatic heterocycles. The summed E-state index contributed by atoms with van der Waals surface area (Å²) in [5.74, 6) is -0.287. The van der Waals surface area contributed by atoms with Crippen LogP contribution >= 0.6 is 0 Å². The third-order valence-corrected chi connectivity index (χ3v) is 14.6. The van der Waals surface area contributed by atoms with Crippen molar-refractivity contribution in [2.45, 2.75) is 0 Å². The quantitative estimate of drug-likeness (QED) is 0.136. The van der Waals surface area contributed by atoms with E-state index in [1.807, 2.05) is 60.7 Å². The molecule has 0 aliphatic rings. The topological polar surface area (TPSA) is 77.3 Å². The van der Waals surface area contributed by atoms with Crippen molar-refractivity contribution < 1.29 is 31.5 Å². The molecule has 2 heterocycles. The van der Waals surface area contributed by atoms with Gasteiger partial charge in [0.1, 0.15) is 0 Å². The fourth-order valence-electron chi connectivity index (χ4n) is 10.3. The highest BCUT2D eigenvalue weighted by Crippen LogP contribution is 2.38. The monoisotopic (exact) mass is 1150 g/mol. The number of hydrogen-bond donors (Lipinski definition) is 0. The van der Waals surface area contributed by atoms with Crippen LogP contribution in [-0.4, -0.2) is 29.9 Å². The van der Waals surface area contributed by atoms with Gasteiger partial charge in [0, 0.05) is 33.4 Å². The van der Waals surface area contributed by atoms with Crippen molar-refractivity contribution in [2.75, 3.05) is 0 Å². The zero-order chi connectivity index (χ0) is 78.6. The van der Waals surface area contributed by atoms with Crippen molar-refractivity contribution in [3.63, 3.8) is 0 Å². The van der Waals surface area contributed by atoms with Crippen molar-refractivity contribution >= 4 is 43.1 Å². The van der Waals surface area contributed by atoms with E-state index >= 15 is 0 Å². The zero-order valence-corrected chi connectivity index (χ0v) is 46.1. The SMILES string of the molecule is [2H]c1c([2H])c([2H])c(-c2nc(-c3ccccc3)nc(-c3c([2H])c([2H])c([2H])c([2H])c3-c3ccc4cc(-c5c([2H])c([2H])c6c([2H])c([2H])c([2H])c([2H])c6c5[2H])ccc4c3)n2)c([2H])c1[2H].[2H]c1cc(-c2ccc3cc(-c4ccc5ccccc5c4)ccc3c2)c(-c2nc(-c3ccccc3)nc(-c3c([2H])c([2H])c([2H])c([2H])c3[2H])n2)cc1[2H]. The molecule has 0 saturated heterocycles. The minimum atomic E-state index is -0.623. The molecule has 0 spiro atoms. The Morgan fingerprint density at radius 1 is 0.182 bits per heavy atom. The van der Waals surface area contributed by atoms with Crippen LogP contribution in [0.5, 0.6) is 0 Å². The smallest absolute Gasteiger partial charge is 0.164 e. The van der Waals surface area contributed by atoms with Crippen LogP contribution in [0.15, 0.2) is 327 Å². The summed E-state index contributed by atoms with van der Waals surface area (Å²) in [7, 11) is 0. The Labute approximate surface area is 542 Å². The van der Waals surface area contributed by atoms with Gasteiger partial charge in [0.15, 0.2) is 34.9 Å². The molecule has 88 heavy (non-hydrogen) atoms. The lowest BCUT2D eigenvalue weighted by molar-refractivity contribution is 1.07. The average Bonchev–Trinajstić information content (AvgIpc) is 0.739. The van der Waals surface area contributed by atoms with E-state index in [0.717, 1.165) is 27.5 Å². The number of aromatic nitrogens is 6. The molecule has 2 aromatic heterocycles. The first kappa shape index (κ1) is 33.6. The Morgan fingerprint density at radius 2 is 0.557 bits per heavy atom. The van der Waals surface area contributed by atoms with Gasteiger partial charge in [-0.2, -0.15) is 0 Å². The molecule has 0 aliphatic carbocycles. The molecule has 0 unspecified atom stereocenters. The van der Waals surface area contributed by atoms with E-state index in [2.05, 4.69) is 73.5 Å². The summed E-state index contributed by atoms with van der Waals surface area (Å²) in [6.07, 6.45) is 0. The van der Waals surface area contributed by atoms with Gasteiger partial charge in [-0.1, -0.05) is 291 Å². The van der Waals surface area contributed by atoms with Crippen LogP contribution in [0.1, 0.15) is 31.5 Å². The second kappa shape index (κ2) is 23.7. The fourth-order valence-corrected chi connectivity index (χ4v) is 10.3. The largest absolute Gasteiger partial charge is 0.208 e. The van der Waals surface area contributed by atoms with Gasteiger partial charge in [0.05, 0.1) is 31.5 Å². The van der Waals surface area contributed by atoms with Crippen molar-refractivity contribution in [3.05, 3.63) is 327 Å². The molecule has 0 N–H and O–H groups in total. The van der Waals surface area contributed by atoms with E-state index in [9.17, 15) is 0 Å². The van der Waals surface area contributed by atoms with Gasteiger partial charge in [-0.05, 0) is 124 Å². The van der Waals surface area contributed by atoms with Crippen LogP contribution in [-0.2, 0) is 0 Å². The predicted molar refractivity (Wildman–Crippen MR) is 364 cm³/mol. The Morgan fingerprint density at radius 3 is 1.11 bits per heavy atom. The van der Waals surface area contributed by atoms with Crippen LogP contribution in [0.4, 0.5) is 0 Å². The minimum Gasteiger partial charge on any atom is -0.208 e. The molecule has 14 aromatic carbocycles. The molecule has 0 amide bonds. The summed E-state index contributed by atoms with van der Waals surface area (Å²) in [6.45, 7) is 0. The maximum Gasteiger partial charge on any atom is 0.164 e. The third-order valence-electron chi connectivity index (χ3n) is 14.6. The molecular weight excluding hydrogens is 1070 g/mol. The highest BCUT2D eigenvalue weighted by atomic mass is 15.0. The number of rotatable bonds is 10. The first-order chi connectivity index (χ1) is 53.1. The van der Waals surface area contributed by atoms with Crippen LogP contribution in [0.3, 0.4) is 0 Å². The van der Waals surface area contributed by atoms with Crippen LogP contribution in [0.25, 0.3) is 156 Å². The second-order valence-electron chi connectivity index (χ2n) is 20.1. The van der Waals surface area contributed by atoms with Crippen LogP contribution < -0.4 is 0 Å². The summed E-state index contributed by atoms with van der Waals surface area (Å²) < 4.78 is 196. The van der Waals surface area contributed by atoms with E-state index in [-0.39, 0.29) is 91.7 Å². The van der Waals surface area contributed by atoms with Gasteiger partial charge in [-0.15, -0.1) is 0 Å². The van der Waals surface area contributed by atoms with Gasteiger partial charge >= 0.3 is 0 Å². The minimum absolute atomic E-state index is 0.00593. The standard InChI is InChI=1S/2C41H27N3/c2*1-3-12-29(13-4-1)39-42-40(30-14-5-2-6-15-30)44-41(43-39)38-18-10-9-17-37(38)36-24-23-34-26-33(21-22-35(34)27-36)32-20-19-28-11-7-8-16-31(28)25-32/h2*1-27H/i1D,3D,4D,7D,8D,9D,10D,11D,12D,13D,16D,17D,18D,19D,20D,25D;1D,3D,4D,9D,10D,12D,13D. The van der Waals surface area contributed by atoms with E-state index < -0.39 is 121 Å². The summed E-state index contributed by atoms with van der Waals surface area (Å²) in [4.78, 5) is 27.7. The summed E-state index contributed by atoms with van der Waals surface area (Å²) in [5, 5.41) is 5.09. The predicted octanol–water partition coefficient (Wildman–Crippen LogP) is 21.0. The maximum atomic E-state index is 9.10.